The van der Waals surface area contributed by atoms with Gasteiger partial charge in [-0.05, 0) is 12.1 Å². The quantitative estimate of drug-likeness (QED) is 0.652. The van der Waals surface area contributed by atoms with Crippen LogP contribution in [0.3, 0.4) is 0 Å². The second kappa shape index (κ2) is 4.96. The van der Waals surface area contributed by atoms with Gasteiger partial charge in [0.2, 0.25) is 0 Å². The Morgan fingerprint density at radius 2 is 2.00 bits per heavy atom. The highest BCUT2D eigenvalue weighted by Gasteiger charge is 2.16. The lowest BCUT2D eigenvalue weighted by Crippen LogP contribution is -2.42. The normalized spacial score (nSPS) is 17.4. The Balaban J connectivity index is 2.07. The monoisotopic (exact) mass is 333 g/mol. The maximum absolute atomic E-state index is 10.7. The van der Waals surface area contributed by atoms with Crippen LogP contribution in [0.4, 0.5) is 5.82 Å². The van der Waals surface area contributed by atoms with Crippen molar-refractivity contribution in [3.63, 3.8) is 0 Å². The lowest BCUT2D eigenvalue weighted by Gasteiger charge is -2.31. The molecule has 1 aliphatic rings. The van der Waals surface area contributed by atoms with Crippen LogP contribution in [0.2, 0.25) is 0 Å². The van der Waals surface area contributed by atoms with Gasteiger partial charge in [0, 0.05) is 55.2 Å². The van der Waals surface area contributed by atoms with Gasteiger partial charge in [-0.1, -0.05) is 0 Å². The molecule has 1 aromatic rings. The lowest BCUT2D eigenvalue weighted by atomic mass is 10.2. The summed E-state index contributed by atoms with van der Waals surface area (Å²) < 4.78 is 2.24. The first-order valence-corrected chi connectivity index (χ1v) is 5.98. The zero-order chi connectivity index (χ0) is 11.5. The summed E-state index contributed by atoms with van der Waals surface area (Å²) in [6.07, 6.45) is 1.41. The maximum Gasteiger partial charge on any atom is 0.337 e. The molecular formula is C10H12IN3O2. The van der Waals surface area contributed by atoms with Crippen molar-refractivity contribution in [2.75, 3.05) is 31.1 Å². The van der Waals surface area contributed by atoms with Gasteiger partial charge >= 0.3 is 5.97 Å². The molecule has 0 saturated carbocycles. The van der Waals surface area contributed by atoms with E-state index in [1.165, 1.54) is 6.20 Å². The maximum atomic E-state index is 10.7. The molecule has 1 saturated heterocycles. The zero-order valence-corrected chi connectivity index (χ0v) is 10.8. The summed E-state index contributed by atoms with van der Waals surface area (Å²) in [6.45, 7) is 3.87. The molecule has 0 aromatic carbocycles. The number of anilines is 1. The number of rotatable bonds is 2. The average molecular weight is 333 g/mol. The van der Waals surface area contributed by atoms with Crippen LogP contribution in [0.1, 0.15) is 10.4 Å². The molecular weight excluding hydrogens is 321 g/mol. The summed E-state index contributed by atoms with van der Waals surface area (Å²) in [5, 5.41) is 8.76. The third-order valence-electron chi connectivity index (χ3n) is 2.54. The van der Waals surface area contributed by atoms with E-state index in [0.29, 0.717) is 0 Å². The van der Waals surface area contributed by atoms with E-state index in [2.05, 4.69) is 35.9 Å². The Labute approximate surface area is 108 Å². The van der Waals surface area contributed by atoms with Gasteiger partial charge in [-0.2, -0.15) is 0 Å². The molecule has 1 N–H and O–H groups in total. The van der Waals surface area contributed by atoms with Gasteiger partial charge in [-0.3, -0.25) is 0 Å². The van der Waals surface area contributed by atoms with Crippen molar-refractivity contribution < 1.29 is 9.90 Å². The van der Waals surface area contributed by atoms with Crippen molar-refractivity contribution in [3.05, 3.63) is 23.9 Å². The van der Waals surface area contributed by atoms with E-state index in [9.17, 15) is 4.79 Å². The van der Waals surface area contributed by atoms with Crippen molar-refractivity contribution in [1.29, 1.82) is 0 Å². The molecule has 0 unspecified atom stereocenters. The molecule has 2 heterocycles. The molecule has 0 atom stereocenters. The highest BCUT2D eigenvalue weighted by atomic mass is 127. The van der Waals surface area contributed by atoms with Gasteiger partial charge in [0.15, 0.2) is 0 Å². The molecule has 86 valence electrons. The third-order valence-corrected chi connectivity index (χ3v) is 3.51. The van der Waals surface area contributed by atoms with Crippen molar-refractivity contribution in [3.8, 4) is 0 Å². The van der Waals surface area contributed by atoms with E-state index >= 15 is 0 Å². The fraction of sp³-hybridized carbons (Fsp3) is 0.400. The highest BCUT2D eigenvalue weighted by molar-refractivity contribution is 14.1. The summed E-state index contributed by atoms with van der Waals surface area (Å²) in [4.78, 5) is 17.0. The van der Waals surface area contributed by atoms with Gasteiger partial charge in [0.25, 0.3) is 0 Å². The van der Waals surface area contributed by atoms with Crippen LogP contribution in [-0.4, -0.2) is 45.4 Å². The molecule has 0 radical (unpaired) electrons. The number of hydrogen-bond donors (Lipinski definition) is 1. The predicted octanol–water partition coefficient (Wildman–Crippen LogP) is 1.25. The van der Waals surface area contributed by atoms with Crippen molar-refractivity contribution >= 4 is 34.7 Å². The first-order chi connectivity index (χ1) is 7.66. The Kier molecular flexibility index (Phi) is 3.59. The number of carboxylic acid groups (broad SMARTS) is 1. The van der Waals surface area contributed by atoms with Gasteiger partial charge in [0.1, 0.15) is 5.82 Å². The van der Waals surface area contributed by atoms with Gasteiger partial charge < -0.3 is 10.0 Å². The smallest absolute Gasteiger partial charge is 0.337 e. The zero-order valence-electron chi connectivity index (χ0n) is 8.64. The molecule has 5 nitrogen and oxygen atoms in total. The third kappa shape index (κ3) is 2.62. The van der Waals surface area contributed by atoms with Crippen LogP contribution in [-0.2, 0) is 0 Å². The first-order valence-electron chi connectivity index (χ1n) is 5.02. The van der Waals surface area contributed by atoms with Crippen LogP contribution >= 0.6 is 22.9 Å². The van der Waals surface area contributed by atoms with Gasteiger partial charge in [-0.25, -0.2) is 12.9 Å². The molecule has 0 spiro atoms. The van der Waals surface area contributed by atoms with E-state index in [0.717, 1.165) is 32.0 Å². The minimum absolute atomic E-state index is 0.233. The van der Waals surface area contributed by atoms with Crippen molar-refractivity contribution in [1.82, 2.24) is 8.10 Å². The Bertz CT molecular complexity index is 374. The van der Waals surface area contributed by atoms with Crippen LogP contribution in [0.15, 0.2) is 18.3 Å². The molecule has 1 aliphatic heterocycles. The average Bonchev–Trinajstić information content (AvgIpc) is 2.30. The second-order valence-electron chi connectivity index (χ2n) is 3.61. The molecule has 1 aromatic heterocycles. The van der Waals surface area contributed by atoms with Crippen LogP contribution in [0.5, 0.6) is 0 Å². The van der Waals surface area contributed by atoms with E-state index in [1.807, 2.05) is 0 Å². The number of pyridine rings is 1. The first kappa shape index (κ1) is 11.6. The fourth-order valence-electron chi connectivity index (χ4n) is 1.61. The molecule has 6 heteroatoms. The molecule has 0 aliphatic carbocycles. The Morgan fingerprint density at radius 3 is 2.50 bits per heavy atom. The number of aromatic nitrogens is 1. The standard InChI is InChI=1S/C10H12IN3O2/c11-14-5-3-13(4-6-14)9-2-1-8(7-12-9)10(15)16/h1-2,7H,3-6H2,(H,15,16). The molecule has 0 bridgehead atoms. The summed E-state index contributed by atoms with van der Waals surface area (Å²) in [6, 6.07) is 3.37. The minimum atomic E-state index is -0.934. The lowest BCUT2D eigenvalue weighted by molar-refractivity contribution is 0.0696. The van der Waals surface area contributed by atoms with Crippen molar-refractivity contribution in [2.24, 2.45) is 0 Å². The van der Waals surface area contributed by atoms with Gasteiger partial charge in [0.05, 0.1) is 5.56 Å². The summed E-state index contributed by atoms with van der Waals surface area (Å²) in [7, 11) is 0. The number of piperazine rings is 1. The number of hydrogen-bond acceptors (Lipinski definition) is 4. The second-order valence-corrected chi connectivity index (χ2v) is 4.97. The van der Waals surface area contributed by atoms with Crippen LogP contribution in [0, 0.1) is 0 Å². The SMILES string of the molecule is O=C(O)c1ccc(N2CCN(I)CC2)nc1. The van der Waals surface area contributed by atoms with Gasteiger partial charge in [-0.15, -0.1) is 0 Å². The van der Waals surface area contributed by atoms with Crippen LogP contribution < -0.4 is 4.90 Å². The summed E-state index contributed by atoms with van der Waals surface area (Å²) in [5.41, 5.74) is 0.233. The van der Waals surface area contributed by atoms with E-state index in [1.54, 1.807) is 12.1 Å². The summed E-state index contributed by atoms with van der Waals surface area (Å²) >= 11 is 2.31. The molecule has 1 fully saturated rings. The van der Waals surface area contributed by atoms with Crippen molar-refractivity contribution in [2.45, 2.75) is 0 Å². The van der Waals surface area contributed by atoms with Crippen LogP contribution in [0.25, 0.3) is 0 Å². The Hall–Kier alpha value is -0.890. The fourth-order valence-corrected chi connectivity index (χ4v) is 2.04. The Morgan fingerprint density at radius 1 is 1.31 bits per heavy atom. The summed E-state index contributed by atoms with van der Waals surface area (Å²) in [5.74, 6) is -0.0781. The molecule has 2 rings (SSSR count). The number of carbonyl (C=O) groups is 1. The largest absolute Gasteiger partial charge is 0.478 e. The highest BCUT2D eigenvalue weighted by Crippen LogP contribution is 2.15. The number of carboxylic acids is 1. The predicted molar refractivity (Wildman–Crippen MR) is 69.0 cm³/mol. The topological polar surface area (TPSA) is 56.7 Å². The van der Waals surface area contributed by atoms with E-state index < -0.39 is 5.97 Å². The van der Waals surface area contributed by atoms with E-state index in [4.69, 9.17) is 5.11 Å². The number of nitrogens with zero attached hydrogens (tertiary/aromatic N) is 3. The van der Waals surface area contributed by atoms with E-state index in [-0.39, 0.29) is 5.56 Å². The number of halogens is 1. The minimum Gasteiger partial charge on any atom is -0.478 e. The number of aromatic carboxylic acids is 1. The molecule has 16 heavy (non-hydrogen) atoms. The molecule has 0 amide bonds.